The van der Waals surface area contributed by atoms with Crippen molar-refractivity contribution in [1.29, 1.82) is 0 Å². The van der Waals surface area contributed by atoms with Gasteiger partial charge >= 0.3 is 0 Å². The number of aromatic nitrogens is 2. The minimum atomic E-state index is -0.0847. The first-order chi connectivity index (χ1) is 11.3. The number of methoxy groups -OCH3 is 1. The van der Waals surface area contributed by atoms with Crippen LogP contribution >= 0.6 is 0 Å². The van der Waals surface area contributed by atoms with Gasteiger partial charge in [-0.2, -0.15) is 0 Å². The van der Waals surface area contributed by atoms with Crippen LogP contribution in [0.2, 0.25) is 0 Å². The number of furan rings is 1. The highest BCUT2D eigenvalue weighted by atomic mass is 16.5. The van der Waals surface area contributed by atoms with Crippen LogP contribution < -0.4 is 0 Å². The molecule has 0 unspecified atom stereocenters. The average Bonchev–Trinajstić information content (AvgIpc) is 3.04. The summed E-state index contributed by atoms with van der Waals surface area (Å²) in [4.78, 5) is 18.9. The van der Waals surface area contributed by atoms with Crippen molar-refractivity contribution in [2.75, 3.05) is 20.3 Å². The van der Waals surface area contributed by atoms with E-state index in [-0.39, 0.29) is 11.8 Å². The van der Waals surface area contributed by atoms with Crippen molar-refractivity contribution >= 4 is 5.91 Å². The SMILES string of the molecule is COC[C@H]1CN(C(=O)c2ccco2)Cc2ncn(CC3CC3)c21. The molecule has 1 amide bonds. The molecular formula is C17H21N3O3. The van der Waals surface area contributed by atoms with Crippen LogP contribution in [0.5, 0.6) is 0 Å². The van der Waals surface area contributed by atoms with Gasteiger partial charge < -0.3 is 18.6 Å². The van der Waals surface area contributed by atoms with Crippen LogP contribution in [0, 0.1) is 5.92 Å². The maximum Gasteiger partial charge on any atom is 0.289 e. The molecular weight excluding hydrogens is 294 g/mol. The van der Waals surface area contributed by atoms with Crippen molar-refractivity contribution in [3.8, 4) is 0 Å². The minimum absolute atomic E-state index is 0.0847. The van der Waals surface area contributed by atoms with Gasteiger partial charge in [-0.1, -0.05) is 0 Å². The third-order valence-electron chi connectivity index (χ3n) is 4.66. The van der Waals surface area contributed by atoms with Crippen molar-refractivity contribution < 1.29 is 13.9 Å². The number of ether oxygens (including phenoxy) is 1. The van der Waals surface area contributed by atoms with Crippen molar-refractivity contribution in [2.24, 2.45) is 5.92 Å². The average molecular weight is 315 g/mol. The van der Waals surface area contributed by atoms with E-state index in [1.54, 1.807) is 24.1 Å². The zero-order valence-electron chi connectivity index (χ0n) is 13.3. The fourth-order valence-electron chi connectivity index (χ4n) is 3.39. The first kappa shape index (κ1) is 14.5. The van der Waals surface area contributed by atoms with Crippen molar-refractivity contribution in [2.45, 2.75) is 31.8 Å². The van der Waals surface area contributed by atoms with Crippen LogP contribution in [0.1, 0.15) is 40.7 Å². The lowest BCUT2D eigenvalue weighted by Gasteiger charge is -2.32. The monoisotopic (exact) mass is 315 g/mol. The second kappa shape index (κ2) is 5.85. The van der Waals surface area contributed by atoms with Crippen molar-refractivity contribution in [3.05, 3.63) is 41.9 Å². The normalized spacial score (nSPS) is 20.6. The van der Waals surface area contributed by atoms with Crippen LogP contribution in [0.25, 0.3) is 0 Å². The number of hydrogen-bond donors (Lipinski definition) is 0. The molecule has 2 aromatic heterocycles. The largest absolute Gasteiger partial charge is 0.459 e. The lowest BCUT2D eigenvalue weighted by Crippen LogP contribution is -2.40. The molecule has 122 valence electrons. The molecule has 2 aliphatic rings. The van der Waals surface area contributed by atoms with Gasteiger partial charge in [0.05, 0.1) is 31.4 Å². The topological polar surface area (TPSA) is 60.5 Å². The van der Waals surface area contributed by atoms with E-state index >= 15 is 0 Å². The molecule has 1 atom stereocenters. The van der Waals surface area contributed by atoms with E-state index in [1.165, 1.54) is 24.8 Å². The van der Waals surface area contributed by atoms with Crippen LogP contribution in [0.15, 0.2) is 29.1 Å². The predicted molar refractivity (Wildman–Crippen MR) is 83.0 cm³/mol. The lowest BCUT2D eigenvalue weighted by atomic mass is 9.98. The summed E-state index contributed by atoms with van der Waals surface area (Å²) >= 11 is 0. The molecule has 2 aromatic rings. The van der Waals surface area contributed by atoms with Crippen LogP contribution in [-0.4, -0.2) is 40.6 Å². The number of carbonyl (C=O) groups is 1. The predicted octanol–water partition coefficient (Wildman–Crippen LogP) is 2.27. The molecule has 0 radical (unpaired) electrons. The molecule has 6 nitrogen and oxygen atoms in total. The number of hydrogen-bond acceptors (Lipinski definition) is 4. The van der Waals surface area contributed by atoms with E-state index in [0.717, 1.165) is 18.2 Å². The highest BCUT2D eigenvalue weighted by Crippen LogP contribution is 2.34. The minimum Gasteiger partial charge on any atom is -0.459 e. The van der Waals surface area contributed by atoms with Gasteiger partial charge in [0.15, 0.2) is 5.76 Å². The molecule has 0 aromatic carbocycles. The van der Waals surface area contributed by atoms with Crippen LogP contribution in [-0.2, 0) is 17.8 Å². The van der Waals surface area contributed by atoms with E-state index in [9.17, 15) is 4.79 Å². The summed E-state index contributed by atoms with van der Waals surface area (Å²) in [5, 5.41) is 0. The number of imidazole rings is 1. The zero-order chi connectivity index (χ0) is 15.8. The molecule has 23 heavy (non-hydrogen) atoms. The van der Waals surface area contributed by atoms with Crippen LogP contribution in [0.3, 0.4) is 0 Å². The summed E-state index contributed by atoms with van der Waals surface area (Å²) in [7, 11) is 1.70. The molecule has 0 spiro atoms. The molecule has 1 saturated carbocycles. The number of rotatable bonds is 5. The third kappa shape index (κ3) is 2.79. The molecule has 1 fully saturated rings. The van der Waals surface area contributed by atoms with E-state index in [0.29, 0.717) is 25.5 Å². The van der Waals surface area contributed by atoms with Gasteiger partial charge in [0.2, 0.25) is 0 Å². The van der Waals surface area contributed by atoms with E-state index in [4.69, 9.17) is 9.15 Å². The second-order valence-corrected chi connectivity index (χ2v) is 6.49. The highest BCUT2D eigenvalue weighted by Gasteiger charge is 2.34. The molecule has 0 saturated heterocycles. The van der Waals surface area contributed by atoms with Crippen molar-refractivity contribution in [1.82, 2.24) is 14.5 Å². The summed E-state index contributed by atoms with van der Waals surface area (Å²) in [6.07, 6.45) is 6.07. The quantitative estimate of drug-likeness (QED) is 0.849. The van der Waals surface area contributed by atoms with Gasteiger partial charge in [0, 0.05) is 31.8 Å². The molecule has 3 heterocycles. The van der Waals surface area contributed by atoms with Crippen molar-refractivity contribution in [3.63, 3.8) is 0 Å². The van der Waals surface area contributed by atoms with Crippen LogP contribution in [0.4, 0.5) is 0 Å². The maximum absolute atomic E-state index is 12.6. The summed E-state index contributed by atoms with van der Waals surface area (Å²) in [6.45, 7) is 2.80. The molecule has 1 aliphatic heterocycles. The summed E-state index contributed by atoms with van der Waals surface area (Å²) < 4.78 is 12.9. The fraction of sp³-hybridized carbons (Fsp3) is 0.529. The Balaban J connectivity index is 1.60. The molecule has 0 bridgehead atoms. The number of carbonyl (C=O) groups excluding carboxylic acids is 1. The summed E-state index contributed by atoms with van der Waals surface area (Å²) in [5.41, 5.74) is 2.22. The Hall–Kier alpha value is -2.08. The summed E-state index contributed by atoms with van der Waals surface area (Å²) in [6, 6.07) is 3.44. The molecule has 6 heteroatoms. The zero-order valence-corrected chi connectivity index (χ0v) is 13.3. The Morgan fingerprint density at radius 3 is 3.04 bits per heavy atom. The smallest absolute Gasteiger partial charge is 0.289 e. The molecule has 4 rings (SSSR count). The fourth-order valence-corrected chi connectivity index (χ4v) is 3.39. The Morgan fingerprint density at radius 2 is 2.35 bits per heavy atom. The second-order valence-electron chi connectivity index (χ2n) is 6.49. The Labute approximate surface area is 135 Å². The number of fused-ring (bicyclic) bond motifs is 1. The highest BCUT2D eigenvalue weighted by molar-refractivity contribution is 5.91. The number of amides is 1. The van der Waals surface area contributed by atoms with Gasteiger partial charge in [-0.15, -0.1) is 0 Å². The van der Waals surface area contributed by atoms with Gasteiger partial charge in [-0.25, -0.2) is 4.98 Å². The van der Waals surface area contributed by atoms with Gasteiger partial charge in [-0.3, -0.25) is 4.79 Å². The van der Waals surface area contributed by atoms with E-state index < -0.39 is 0 Å². The van der Waals surface area contributed by atoms with Gasteiger partial charge in [0.1, 0.15) is 0 Å². The third-order valence-corrected chi connectivity index (χ3v) is 4.66. The first-order valence-electron chi connectivity index (χ1n) is 8.12. The Kier molecular flexibility index (Phi) is 3.69. The van der Waals surface area contributed by atoms with E-state index in [1.807, 2.05) is 6.33 Å². The molecule has 0 N–H and O–H groups in total. The maximum atomic E-state index is 12.6. The first-order valence-corrected chi connectivity index (χ1v) is 8.12. The Bertz CT molecular complexity index is 688. The van der Waals surface area contributed by atoms with Gasteiger partial charge in [0.25, 0.3) is 5.91 Å². The lowest BCUT2D eigenvalue weighted by molar-refractivity contribution is 0.0641. The van der Waals surface area contributed by atoms with Gasteiger partial charge in [-0.05, 0) is 30.9 Å². The Morgan fingerprint density at radius 1 is 1.48 bits per heavy atom. The molecule has 1 aliphatic carbocycles. The number of nitrogens with zero attached hydrogens (tertiary/aromatic N) is 3. The standard InChI is InChI=1S/C17H21N3O3/c1-22-10-13-8-19(17(21)15-3-2-6-23-15)9-14-16(13)20(11-18-14)7-12-4-5-12/h2-3,6,11-13H,4-5,7-10H2,1H3/t13-/m1/s1. The van der Waals surface area contributed by atoms with E-state index in [2.05, 4.69) is 9.55 Å². The summed E-state index contributed by atoms with van der Waals surface area (Å²) in [5.74, 6) is 1.24.